The molecular weight excluding hydrogens is 464 g/mol. The molecule has 0 saturated carbocycles. The Labute approximate surface area is 193 Å². The van der Waals surface area contributed by atoms with Crippen molar-refractivity contribution in [2.24, 2.45) is 5.92 Å². The quantitative estimate of drug-likeness (QED) is 0.127. The van der Waals surface area contributed by atoms with Crippen LogP contribution in [0, 0.1) is 5.92 Å². The normalized spacial score (nSPS) is 43.8. The second-order valence-corrected chi connectivity index (χ2v) is 8.44. The summed E-state index contributed by atoms with van der Waals surface area (Å²) in [5.41, 5.74) is 0. The van der Waals surface area contributed by atoms with E-state index in [2.05, 4.69) is 6.58 Å². The highest BCUT2D eigenvalue weighted by molar-refractivity contribution is 5.90. The van der Waals surface area contributed by atoms with Crippen LogP contribution in [0.1, 0.15) is 19.3 Å². The molecule has 34 heavy (non-hydrogen) atoms. The molecule has 2 rings (SSSR count). The van der Waals surface area contributed by atoms with Crippen LogP contribution in [0.5, 0.6) is 0 Å². The van der Waals surface area contributed by atoms with Crippen molar-refractivity contribution in [1.29, 1.82) is 0 Å². The second kappa shape index (κ2) is 11.1. The summed E-state index contributed by atoms with van der Waals surface area (Å²) in [6.45, 7) is 1.68. The van der Waals surface area contributed by atoms with E-state index in [9.17, 15) is 60.7 Å². The number of Topliss-reactive ketones (excluding diaryl/α,β-unsaturated/α-hetero) is 2. The van der Waals surface area contributed by atoms with Crippen LogP contribution in [0.2, 0.25) is 0 Å². The Bertz CT molecular complexity index is 743. The minimum absolute atomic E-state index is 0.178. The van der Waals surface area contributed by atoms with Gasteiger partial charge in [0.2, 0.25) is 5.78 Å². The maximum Gasteiger partial charge on any atom is 0.257 e. The first-order valence-corrected chi connectivity index (χ1v) is 10.6. The Hall–Kier alpha value is -1.40. The van der Waals surface area contributed by atoms with Gasteiger partial charge in [-0.15, -0.1) is 6.58 Å². The summed E-state index contributed by atoms with van der Waals surface area (Å²) in [5.74, 6) is -9.54. The molecule has 0 aromatic heterocycles. The van der Waals surface area contributed by atoms with Crippen LogP contribution >= 0.6 is 0 Å². The number of rotatable bonds is 10. The molecule has 0 aromatic carbocycles. The Balaban J connectivity index is 2.07. The van der Waals surface area contributed by atoms with Crippen LogP contribution in [0.25, 0.3) is 0 Å². The van der Waals surface area contributed by atoms with Gasteiger partial charge in [-0.25, -0.2) is 0 Å². The molecule has 10 N–H and O–H groups in total. The summed E-state index contributed by atoms with van der Waals surface area (Å²) < 4.78 is 9.90. The lowest BCUT2D eigenvalue weighted by Crippen LogP contribution is -2.69. The highest BCUT2D eigenvalue weighted by atomic mass is 16.7. The van der Waals surface area contributed by atoms with Gasteiger partial charge in [0.15, 0.2) is 5.78 Å². The summed E-state index contributed by atoms with van der Waals surface area (Å²) in [5, 5.41) is 99.0. The average Bonchev–Trinajstić information content (AvgIpc) is 2.83. The highest BCUT2D eigenvalue weighted by Gasteiger charge is 2.58. The zero-order valence-corrected chi connectivity index (χ0v) is 18.1. The van der Waals surface area contributed by atoms with E-state index in [-0.39, 0.29) is 12.8 Å². The van der Waals surface area contributed by atoms with Crippen LogP contribution < -0.4 is 0 Å². The molecule has 196 valence electrons. The van der Waals surface area contributed by atoms with Gasteiger partial charge in [-0.2, -0.15) is 0 Å². The molecule has 2 aliphatic rings. The molecule has 0 spiro atoms. The Morgan fingerprint density at radius 3 is 1.71 bits per heavy atom. The third-order valence-corrected chi connectivity index (χ3v) is 6.23. The summed E-state index contributed by atoms with van der Waals surface area (Å²) in [4.78, 5) is 25.4. The first-order valence-electron chi connectivity index (χ1n) is 10.6. The zero-order valence-electron chi connectivity index (χ0n) is 18.1. The number of carbonyl (C=O) groups is 2. The summed E-state index contributed by atoms with van der Waals surface area (Å²) in [6.07, 6.45) is -15.1. The fraction of sp³-hybridized carbons (Fsp3) is 0.800. The molecule has 0 aromatic rings. The van der Waals surface area contributed by atoms with Gasteiger partial charge in [0, 0.05) is 12.3 Å². The molecular formula is C20H32O14. The summed E-state index contributed by atoms with van der Waals surface area (Å²) in [6, 6.07) is 0. The SMILES string of the molecule is C=CC(CCCC(=O)C1(O)O[C@H](CO)[C@@H](O)[C@H](O)[C@H]1O)C(=O)C1(O)O[C@H](CO)[C@@H](O)[C@H](O)[C@H]1O. The van der Waals surface area contributed by atoms with Crippen molar-refractivity contribution in [2.75, 3.05) is 13.2 Å². The zero-order chi connectivity index (χ0) is 26.0. The van der Waals surface area contributed by atoms with Crippen molar-refractivity contribution < 1.29 is 70.1 Å². The van der Waals surface area contributed by atoms with Crippen molar-refractivity contribution in [3.05, 3.63) is 12.7 Å². The van der Waals surface area contributed by atoms with E-state index in [1.54, 1.807) is 0 Å². The van der Waals surface area contributed by atoms with Gasteiger partial charge in [0.1, 0.15) is 48.8 Å². The third-order valence-electron chi connectivity index (χ3n) is 6.23. The van der Waals surface area contributed by atoms with Crippen LogP contribution in [-0.2, 0) is 19.1 Å². The number of aliphatic hydroxyl groups is 10. The average molecular weight is 496 g/mol. The van der Waals surface area contributed by atoms with E-state index >= 15 is 0 Å². The second-order valence-electron chi connectivity index (χ2n) is 8.44. The highest BCUT2D eigenvalue weighted by Crippen LogP contribution is 2.34. The van der Waals surface area contributed by atoms with Gasteiger partial charge < -0.3 is 60.5 Å². The van der Waals surface area contributed by atoms with Crippen LogP contribution in [0.4, 0.5) is 0 Å². The smallest absolute Gasteiger partial charge is 0.257 e. The molecule has 3 unspecified atom stereocenters. The molecule has 0 bridgehead atoms. The van der Waals surface area contributed by atoms with Crippen molar-refractivity contribution in [3.8, 4) is 0 Å². The van der Waals surface area contributed by atoms with E-state index < -0.39 is 97.5 Å². The van der Waals surface area contributed by atoms with Gasteiger partial charge in [0.25, 0.3) is 11.6 Å². The number of carbonyl (C=O) groups excluding carboxylic acids is 2. The number of allylic oxidation sites excluding steroid dienone is 1. The topological polar surface area (TPSA) is 255 Å². The molecule has 11 atom stereocenters. The van der Waals surface area contributed by atoms with Crippen molar-refractivity contribution in [1.82, 2.24) is 0 Å². The van der Waals surface area contributed by atoms with E-state index in [4.69, 9.17) is 9.47 Å². The molecule has 14 heteroatoms. The van der Waals surface area contributed by atoms with E-state index in [1.807, 2.05) is 0 Å². The molecule has 0 amide bonds. The number of hydrogen-bond acceptors (Lipinski definition) is 14. The maximum atomic E-state index is 12.9. The van der Waals surface area contributed by atoms with Crippen LogP contribution in [0.3, 0.4) is 0 Å². The molecule has 2 fully saturated rings. The van der Waals surface area contributed by atoms with Crippen LogP contribution in [0.15, 0.2) is 12.7 Å². The number of hydrogen-bond donors (Lipinski definition) is 10. The van der Waals surface area contributed by atoms with Crippen molar-refractivity contribution in [3.63, 3.8) is 0 Å². The van der Waals surface area contributed by atoms with Gasteiger partial charge in [-0.3, -0.25) is 9.59 Å². The first-order chi connectivity index (χ1) is 15.8. The number of ether oxygens (including phenoxy) is 2. The summed E-state index contributed by atoms with van der Waals surface area (Å²) >= 11 is 0. The lowest BCUT2D eigenvalue weighted by atomic mass is 9.83. The lowest BCUT2D eigenvalue weighted by molar-refractivity contribution is -0.332. The van der Waals surface area contributed by atoms with Gasteiger partial charge in [-0.1, -0.05) is 6.08 Å². The van der Waals surface area contributed by atoms with Gasteiger partial charge in [-0.05, 0) is 12.8 Å². The fourth-order valence-corrected chi connectivity index (χ4v) is 4.02. The predicted octanol–water partition coefficient (Wildman–Crippen LogP) is -5.58. The Morgan fingerprint density at radius 1 is 0.824 bits per heavy atom. The lowest BCUT2D eigenvalue weighted by Gasteiger charge is -2.45. The molecule has 2 aliphatic heterocycles. The largest absolute Gasteiger partial charge is 0.394 e. The minimum Gasteiger partial charge on any atom is -0.394 e. The fourth-order valence-electron chi connectivity index (χ4n) is 4.02. The van der Waals surface area contributed by atoms with Crippen LogP contribution in [-0.4, -0.2) is 136 Å². The first kappa shape index (κ1) is 28.8. The standard InChI is InChI=1S/C20H32O14/c1-2-8(16(28)20(32)18(30)15(27)13(25)10(7-22)34-20)4-3-5-11(23)19(31)17(29)14(26)12(24)9(6-21)33-19/h2,8-10,12-15,17-18,21-22,24-27,29-32H,1,3-7H2/t8?,9-,10-,12-,13-,14+,15+,17-,18-,19?,20?/m1/s1. The molecule has 0 radical (unpaired) electrons. The van der Waals surface area contributed by atoms with E-state index in [1.165, 1.54) is 0 Å². The van der Waals surface area contributed by atoms with Gasteiger partial charge in [0.05, 0.1) is 13.2 Å². The molecule has 2 heterocycles. The molecule has 2 saturated heterocycles. The number of aliphatic hydroxyl groups excluding tert-OH is 8. The third kappa shape index (κ3) is 5.09. The summed E-state index contributed by atoms with van der Waals surface area (Å²) in [7, 11) is 0. The molecule has 14 nitrogen and oxygen atoms in total. The van der Waals surface area contributed by atoms with Crippen molar-refractivity contribution in [2.45, 2.75) is 79.7 Å². The van der Waals surface area contributed by atoms with E-state index in [0.717, 1.165) is 6.08 Å². The monoisotopic (exact) mass is 496 g/mol. The van der Waals surface area contributed by atoms with Gasteiger partial charge >= 0.3 is 0 Å². The van der Waals surface area contributed by atoms with E-state index in [0.29, 0.717) is 0 Å². The predicted molar refractivity (Wildman–Crippen MR) is 107 cm³/mol. The minimum atomic E-state index is -3.01. The Morgan fingerprint density at radius 2 is 1.26 bits per heavy atom. The number of ketones is 2. The Kier molecular flexibility index (Phi) is 9.42. The van der Waals surface area contributed by atoms with Crippen molar-refractivity contribution >= 4 is 11.6 Å². The molecule has 0 aliphatic carbocycles. The maximum absolute atomic E-state index is 12.9.